The molecule has 3 aromatic carbocycles. The Morgan fingerprint density at radius 2 is 1.50 bits per heavy atom. The maximum atomic E-state index is 12.8. The summed E-state index contributed by atoms with van der Waals surface area (Å²) in [4.78, 5) is 15.2. The molecule has 0 aromatic heterocycles. The highest BCUT2D eigenvalue weighted by atomic mass is 35.5. The molecule has 0 saturated carbocycles. The summed E-state index contributed by atoms with van der Waals surface area (Å²) in [5.74, 6) is -0.212. The lowest BCUT2D eigenvalue weighted by atomic mass is 10.1. The van der Waals surface area contributed by atoms with Gasteiger partial charge in [0.15, 0.2) is 0 Å². The molecule has 0 bridgehead atoms. The first kappa shape index (κ1) is 24.3. The van der Waals surface area contributed by atoms with E-state index in [0.717, 1.165) is 12.1 Å². The first-order valence-electron chi connectivity index (χ1n) is 11.3. The van der Waals surface area contributed by atoms with Gasteiger partial charge in [-0.3, -0.25) is 14.0 Å². The summed E-state index contributed by atoms with van der Waals surface area (Å²) >= 11 is 5.86. The van der Waals surface area contributed by atoms with Crippen molar-refractivity contribution in [3.63, 3.8) is 0 Å². The zero-order valence-electron chi connectivity index (χ0n) is 19.1. The number of nitrogens with one attached hydrogen (secondary N) is 1. The Balaban J connectivity index is 1.34. The van der Waals surface area contributed by atoms with Gasteiger partial charge >= 0.3 is 0 Å². The van der Waals surface area contributed by atoms with Crippen LogP contribution in [0.15, 0.2) is 77.7 Å². The minimum absolute atomic E-state index is 0.146. The van der Waals surface area contributed by atoms with Gasteiger partial charge in [-0.15, -0.1) is 0 Å². The van der Waals surface area contributed by atoms with Crippen LogP contribution in [0.1, 0.15) is 34.3 Å². The van der Waals surface area contributed by atoms with Crippen LogP contribution in [-0.2, 0) is 23.1 Å². The minimum Gasteiger partial charge on any atom is -0.348 e. The first-order valence-corrected chi connectivity index (χ1v) is 13.1. The summed E-state index contributed by atoms with van der Waals surface area (Å²) in [5.41, 5.74) is 3.24. The molecule has 0 aliphatic carbocycles. The number of benzene rings is 3. The molecule has 1 N–H and O–H groups in total. The molecule has 1 saturated heterocycles. The van der Waals surface area contributed by atoms with E-state index in [1.54, 1.807) is 24.3 Å². The molecule has 1 aliphatic rings. The van der Waals surface area contributed by atoms with Crippen LogP contribution in [0.25, 0.3) is 0 Å². The third kappa shape index (κ3) is 5.78. The number of carbonyl (C=O) groups is 1. The number of sulfonamides is 1. The molecule has 1 heterocycles. The molecule has 6 nitrogen and oxygen atoms in total. The molecule has 1 fully saturated rings. The Labute approximate surface area is 206 Å². The summed E-state index contributed by atoms with van der Waals surface area (Å²) in [6.45, 7) is 3.73. The quantitative estimate of drug-likeness (QED) is 0.490. The van der Waals surface area contributed by atoms with Gasteiger partial charge in [0.25, 0.3) is 15.9 Å². The number of carbonyl (C=O) groups excluding carboxylic acids is 1. The van der Waals surface area contributed by atoms with Gasteiger partial charge < -0.3 is 5.32 Å². The maximum absolute atomic E-state index is 12.8. The first-order chi connectivity index (χ1) is 16.3. The SMILES string of the molecule is CN(c1ccc(C(=O)NCc2ccc(CN3CCCC3)cc2)cc1)S(=O)(=O)c1ccc(Cl)cc1. The lowest BCUT2D eigenvalue weighted by Gasteiger charge is -2.20. The van der Waals surface area contributed by atoms with E-state index in [9.17, 15) is 13.2 Å². The number of likely N-dealkylation sites (tertiary alicyclic amines) is 1. The van der Waals surface area contributed by atoms with E-state index in [4.69, 9.17) is 11.6 Å². The molecule has 4 rings (SSSR count). The van der Waals surface area contributed by atoms with E-state index < -0.39 is 10.0 Å². The van der Waals surface area contributed by atoms with Crippen molar-refractivity contribution in [3.8, 4) is 0 Å². The lowest BCUT2D eigenvalue weighted by Crippen LogP contribution is -2.27. The second kappa shape index (κ2) is 10.6. The van der Waals surface area contributed by atoms with Crippen LogP contribution in [0.3, 0.4) is 0 Å². The topological polar surface area (TPSA) is 69.7 Å². The Morgan fingerprint density at radius 1 is 0.912 bits per heavy atom. The van der Waals surface area contributed by atoms with Gasteiger partial charge in [-0.1, -0.05) is 35.9 Å². The summed E-state index contributed by atoms with van der Waals surface area (Å²) in [6.07, 6.45) is 2.55. The van der Waals surface area contributed by atoms with Crippen molar-refractivity contribution in [2.24, 2.45) is 0 Å². The fraction of sp³-hybridized carbons (Fsp3) is 0.269. The standard InChI is InChI=1S/C26H28ClN3O3S/c1-29(34(32,33)25-14-10-23(27)11-15-25)24-12-8-22(9-13-24)26(31)28-18-20-4-6-21(7-5-20)19-30-16-2-3-17-30/h4-15H,2-3,16-19H2,1H3,(H,28,31). The molecular weight excluding hydrogens is 470 g/mol. The van der Waals surface area contributed by atoms with E-state index in [0.29, 0.717) is 22.8 Å². The molecule has 0 unspecified atom stereocenters. The van der Waals surface area contributed by atoms with E-state index in [1.165, 1.54) is 67.1 Å². The van der Waals surface area contributed by atoms with Crippen LogP contribution in [0, 0.1) is 0 Å². The van der Waals surface area contributed by atoms with Crippen LogP contribution >= 0.6 is 11.6 Å². The maximum Gasteiger partial charge on any atom is 0.264 e. The summed E-state index contributed by atoms with van der Waals surface area (Å²) in [7, 11) is -2.25. The van der Waals surface area contributed by atoms with Crippen molar-refractivity contribution in [2.45, 2.75) is 30.8 Å². The number of hydrogen-bond acceptors (Lipinski definition) is 4. The average Bonchev–Trinajstić information content (AvgIpc) is 3.36. The number of amides is 1. The van der Waals surface area contributed by atoms with Crippen molar-refractivity contribution in [1.29, 1.82) is 0 Å². The molecule has 178 valence electrons. The van der Waals surface area contributed by atoms with Crippen LogP contribution < -0.4 is 9.62 Å². The van der Waals surface area contributed by atoms with Gasteiger partial charge in [-0.05, 0) is 85.6 Å². The van der Waals surface area contributed by atoms with Crippen LogP contribution in [0.4, 0.5) is 5.69 Å². The molecule has 8 heteroatoms. The van der Waals surface area contributed by atoms with E-state index >= 15 is 0 Å². The van der Waals surface area contributed by atoms with Crippen LogP contribution in [0.2, 0.25) is 5.02 Å². The van der Waals surface area contributed by atoms with Crippen molar-refractivity contribution in [3.05, 3.63) is 94.5 Å². The van der Waals surface area contributed by atoms with Crippen molar-refractivity contribution < 1.29 is 13.2 Å². The lowest BCUT2D eigenvalue weighted by molar-refractivity contribution is 0.0951. The number of nitrogens with zero attached hydrogens (tertiary/aromatic N) is 2. The van der Waals surface area contributed by atoms with Crippen molar-refractivity contribution in [2.75, 3.05) is 24.4 Å². The van der Waals surface area contributed by atoms with Crippen molar-refractivity contribution in [1.82, 2.24) is 10.2 Å². The Kier molecular flexibility index (Phi) is 7.56. The monoisotopic (exact) mass is 497 g/mol. The highest BCUT2D eigenvalue weighted by molar-refractivity contribution is 7.92. The van der Waals surface area contributed by atoms with Crippen LogP contribution in [0.5, 0.6) is 0 Å². The third-order valence-corrected chi connectivity index (χ3v) is 8.10. The summed E-state index contributed by atoms with van der Waals surface area (Å²) in [5, 5.41) is 3.39. The Hall–Kier alpha value is -2.87. The number of halogens is 1. The Morgan fingerprint density at radius 3 is 2.12 bits per heavy atom. The second-order valence-electron chi connectivity index (χ2n) is 8.46. The average molecular weight is 498 g/mol. The number of anilines is 1. The van der Waals surface area contributed by atoms with Crippen LogP contribution in [-0.4, -0.2) is 39.4 Å². The molecular formula is C26H28ClN3O3S. The zero-order valence-corrected chi connectivity index (χ0v) is 20.6. The van der Waals surface area contributed by atoms with E-state index in [-0.39, 0.29) is 10.8 Å². The zero-order chi connectivity index (χ0) is 24.1. The van der Waals surface area contributed by atoms with Gasteiger partial charge in [-0.25, -0.2) is 8.42 Å². The van der Waals surface area contributed by atoms with Gasteiger partial charge in [0, 0.05) is 30.7 Å². The normalized spacial score (nSPS) is 14.2. The molecule has 1 amide bonds. The second-order valence-corrected chi connectivity index (χ2v) is 10.9. The number of rotatable bonds is 8. The minimum atomic E-state index is -3.73. The molecule has 3 aromatic rings. The van der Waals surface area contributed by atoms with Gasteiger partial charge in [0.05, 0.1) is 10.6 Å². The van der Waals surface area contributed by atoms with E-state index in [1.807, 2.05) is 12.1 Å². The van der Waals surface area contributed by atoms with Crippen molar-refractivity contribution >= 4 is 33.2 Å². The summed E-state index contributed by atoms with van der Waals surface area (Å²) in [6, 6.07) is 20.8. The molecule has 0 spiro atoms. The van der Waals surface area contributed by atoms with Gasteiger partial charge in [0.2, 0.25) is 0 Å². The largest absolute Gasteiger partial charge is 0.348 e. The summed E-state index contributed by atoms with van der Waals surface area (Å²) < 4.78 is 26.9. The predicted octanol–water partition coefficient (Wildman–Crippen LogP) is 4.69. The third-order valence-electron chi connectivity index (χ3n) is 6.05. The van der Waals surface area contributed by atoms with Gasteiger partial charge in [-0.2, -0.15) is 0 Å². The molecule has 0 radical (unpaired) electrons. The highest BCUT2D eigenvalue weighted by Gasteiger charge is 2.21. The Bertz CT molecular complexity index is 1220. The predicted molar refractivity (Wildman–Crippen MR) is 136 cm³/mol. The smallest absolute Gasteiger partial charge is 0.264 e. The molecule has 1 aliphatic heterocycles. The molecule has 34 heavy (non-hydrogen) atoms. The number of hydrogen-bond donors (Lipinski definition) is 1. The fourth-order valence-electron chi connectivity index (χ4n) is 3.97. The highest BCUT2D eigenvalue weighted by Crippen LogP contribution is 2.23. The van der Waals surface area contributed by atoms with E-state index in [2.05, 4.69) is 22.3 Å². The fourth-order valence-corrected chi connectivity index (χ4v) is 5.29. The molecule has 0 atom stereocenters. The van der Waals surface area contributed by atoms with Gasteiger partial charge in [0.1, 0.15) is 0 Å².